The molecule has 0 spiro atoms. The number of rotatable bonds is 4. The Morgan fingerprint density at radius 2 is 2.11 bits per heavy atom. The Balaban J connectivity index is 2.32. The van der Waals surface area contributed by atoms with Gasteiger partial charge < -0.3 is 5.73 Å². The molecule has 0 aliphatic rings. The summed E-state index contributed by atoms with van der Waals surface area (Å²) < 4.78 is 14.4. The molecule has 19 heavy (non-hydrogen) atoms. The largest absolute Gasteiger partial charge is 0.369 e. The lowest BCUT2D eigenvalue weighted by molar-refractivity contribution is -0.119. The van der Waals surface area contributed by atoms with E-state index < -0.39 is 11.8 Å². The molecule has 1 aromatic heterocycles. The number of nitrogens with two attached hydrogens (primary N) is 1. The zero-order chi connectivity index (χ0) is 13.8. The molecule has 0 saturated heterocycles. The van der Waals surface area contributed by atoms with Crippen LogP contribution in [0.2, 0.25) is 0 Å². The second kappa shape index (κ2) is 5.93. The quantitative estimate of drug-likeness (QED) is 0.941. The third-order valence-electron chi connectivity index (χ3n) is 2.83. The Bertz CT molecular complexity index is 604. The van der Waals surface area contributed by atoms with Gasteiger partial charge in [0.05, 0.1) is 11.6 Å². The van der Waals surface area contributed by atoms with Crippen molar-refractivity contribution in [3.05, 3.63) is 64.1 Å². The predicted octanol–water partition coefficient (Wildman–Crippen LogP) is 2.79. The first-order valence-corrected chi connectivity index (χ1v) is 6.51. The zero-order valence-corrected chi connectivity index (χ0v) is 11.6. The van der Waals surface area contributed by atoms with Crippen molar-refractivity contribution in [2.75, 3.05) is 0 Å². The lowest BCUT2D eigenvalue weighted by atomic mass is 9.95. The number of primary amides is 1. The van der Waals surface area contributed by atoms with E-state index in [4.69, 9.17) is 5.73 Å². The van der Waals surface area contributed by atoms with E-state index in [9.17, 15) is 9.18 Å². The van der Waals surface area contributed by atoms with Crippen molar-refractivity contribution in [1.82, 2.24) is 4.98 Å². The number of aromatic nitrogens is 1. The Morgan fingerprint density at radius 1 is 1.37 bits per heavy atom. The van der Waals surface area contributed by atoms with Crippen LogP contribution in [0.5, 0.6) is 0 Å². The van der Waals surface area contributed by atoms with E-state index in [2.05, 4.69) is 20.9 Å². The number of hydrogen-bond acceptors (Lipinski definition) is 2. The lowest BCUT2D eigenvalue weighted by Gasteiger charge is -2.13. The van der Waals surface area contributed by atoms with Gasteiger partial charge in [0.2, 0.25) is 5.91 Å². The maximum atomic E-state index is 13.6. The number of hydrogen-bond donors (Lipinski definition) is 1. The first-order valence-electron chi connectivity index (χ1n) is 5.72. The monoisotopic (exact) mass is 322 g/mol. The van der Waals surface area contributed by atoms with E-state index in [1.807, 2.05) is 0 Å². The highest BCUT2D eigenvalue weighted by Crippen LogP contribution is 2.22. The first kappa shape index (κ1) is 13.7. The van der Waals surface area contributed by atoms with E-state index in [1.54, 1.807) is 36.5 Å². The molecule has 2 aromatic rings. The van der Waals surface area contributed by atoms with Gasteiger partial charge in [-0.15, -0.1) is 0 Å². The third-order valence-corrected chi connectivity index (χ3v) is 3.32. The summed E-state index contributed by atoms with van der Waals surface area (Å²) in [5, 5.41) is 0. The molecule has 1 heterocycles. The van der Waals surface area contributed by atoms with Crippen molar-refractivity contribution >= 4 is 21.8 Å². The normalized spacial score (nSPS) is 12.1. The molecule has 98 valence electrons. The fourth-order valence-corrected chi connectivity index (χ4v) is 2.20. The van der Waals surface area contributed by atoms with Gasteiger partial charge in [0.25, 0.3) is 0 Å². The average Bonchev–Trinajstić information content (AvgIpc) is 2.37. The van der Waals surface area contributed by atoms with Gasteiger partial charge in [0.1, 0.15) is 5.82 Å². The molecule has 1 amide bonds. The molecule has 3 nitrogen and oxygen atoms in total. The first-order chi connectivity index (χ1) is 9.08. The van der Waals surface area contributed by atoms with Crippen LogP contribution in [0.25, 0.3) is 0 Å². The topological polar surface area (TPSA) is 56.0 Å². The van der Waals surface area contributed by atoms with Crippen molar-refractivity contribution in [2.45, 2.75) is 12.3 Å². The minimum Gasteiger partial charge on any atom is -0.369 e. The third kappa shape index (κ3) is 3.38. The number of carbonyl (C=O) groups is 1. The van der Waals surface area contributed by atoms with Crippen LogP contribution in [-0.2, 0) is 11.2 Å². The molecule has 0 fully saturated rings. The van der Waals surface area contributed by atoms with Gasteiger partial charge in [-0.25, -0.2) is 4.39 Å². The fraction of sp³-hybridized carbons (Fsp3) is 0.143. The molecule has 0 bridgehead atoms. The number of benzene rings is 1. The molecule has 5 heteroatoms. The van der Waals surface area contributed by atoms with Crippen molar-refractivity contribution in [3.8, 4) is 0 Å². The molecule has 0 saturated carbocycles. The van der Waals surface area contributed by atoms with Crippen LogP contribution in [0, 0.1) is 5.82 Å². The van der Waals surface area contributed by atoms with Gasteiger partial charge >= 0.3 is 0 Å². The van der Waals surface area contributed by atoms with Crippen LogP contribution in [0.4, 0.5) is 4.39 Å². The summed E-state index contributed by atoms with van der Waals surface area (Å²) in [5.74, 6) is -1.51. The van der Waals surface area contributed by atoms with E-state index in [0.29, 0.717) is 11.3 Å². The summed E-state index contributed by atoms with van der Waals surface area (Å²) in [4.78, 5) is 15.7. The molecule has 0 radical (unpaired) electrons. The molecule has 1 atom stereocenters. The predicted molar refractivity (Wildman–Crippen MR) is 74.0 cm³/mol. The molecule has 2 rings (SSSR count). The highest BCUT2D eigenvalue weighted by atomic mass is 79.9. The molecular formula is C14H12BrFN2O. The summed E-state index contributed by atoms with van der Waals surface area (Å²) >= 11 is 3.31. The molecule has 2 N–H and O–H groups in total. The van der Waals surface area contributed by atoms with Crippen molar-refractivity contribution in [3.63, 3.8) is 0 Å². The number of halogens is 2. The maximum Gasteiger partial charge on any atom is 0.226 e. The Hall–Kier alpha value is -1.75. The number of carbonyl (C=O) groups excluding carboxylic acids is 1. The van der Waals surface area contributed by atoms with Gasteiger partial charge in [-0.05, 0) is 30.2 Å². The molecular weight excluding hydrogens is 311 g/mol. The molecule has 0 aliphatic carbocycles. The second-order valence-corrected chi connectivity index (χ2v) is 5.07. The van der Waals surface area contributed by atoms with Crippen LogP contribution in [0.1, 0.15) is 17.2 Å². The summed E-state index contributed by atoms with van der Waals surface area (Å²) in [5.41, 5.74) is 6.38. The summed E-state index contributed by atoms with van der Waals surface area (Å²) in [6.45, 7) is 0. The van der Waals surface area contributed by atoms with Gasteiger partial charge in [-0.1, -0.05) is 34.1 Å². The van der Waals surface area contributed by atoms with Crippen molar-refractivity contribution in [2.24, 2.45) is 5.73 Å². The van der Waals surface area contributed by atoms with Gasteiger partial charge in [0, 0.05) is 10.7 Å². The fourth-order valence-electron chi connectivity index (χ4n) is 1.85. The number of nitrogens with zero attached hydrogens (tertiary/aromatic N) is 1. The van der Waals surface area contributed by atoms with Crippen LogP contribution in [0.15, 0.2) is 47.1 Å². The number of pyridine rings is 1. The molecule has 1 aromatic carbocycles. The van der Waals surface area contributed by atoms with Gasteiger partial charge in [-0.2, -0.15) is 0 Å². The van der Waals surface area contributed by atoms with Crippen molar-refractivity contribution < 1.29 is 9.18 Å². The van der Waals surface area contributed by atoms with E-state index in [0.717, 1.165) is 4.47 Å². The molecule has 0 aliphatic heterocycles. The Morgan fingerprint density at radius 3 is 2.74 bits per heavy atom. The summed E-state index contributed by atoms with van der Waals surface area (Å²) in [6.07, 6.45) is 1.78. The lowest BCUT2D eigenvalue weighted by Crippen LogP contribution is -2.24. The zero-order valence-electron chi connectivity index (χ0n) is 10.0. The Labute approximate surface area is 118 Å². The highest BCUT2D eigenvalue weighted by molar-refractivity contribution is 9.10. The number of amides is 1. The van der Waals surface area contributed by atoms with E-state index >= 15 is 0 Å². The van der Waals surface area contributed by atoms with Gasteiger partial charge in [-0.3, -0.25) is 9.78 Å². The Kier molecular flexibility index (Phi) is 4.27. The van der Waals surface area contributed by atoms with E-state index in [1.165, 1.54) is 6.07 Å². The summed E-state index contributed by atoms with van der Waals surface area (Å²) in [7, 11) is 0. The standard InChI is InChI=1S/C14H12BrFN2O/c15-10-5-6-18-13(8-10)11(14(17)19)7-9-3-1-2-4-12(9)16/h1-6,8,11H,7H2,(H2,17,19). The molecule has 1 unspecified atom stereocenters. The average molecular weight is 323 g/mol. The van der Waals surface area contributed by atoms with Crippen molar-refractivity contribution in [1.29, 1.82) is 0 Å². The minimum atomic E-state index is -0.644. The minimum absolute atomic E-state index is 0.200. The second-order valence-electron chi connectivity index (χ2n) is 4.15. The van der Waals surface area contributed by atoms with Crippen LogP contribution in [0.3, 0.4) is 0 Å². The smallest absolute Gasteiger partial charge is 0.226 e. The van der Waals surface area contributed by atoms with Crippen LogP contribution in [-0.4, -0.2) is 10.9 Å². The maximum absolute atomic E-state index is 13.6. The SMILES string of the molecule is NC(=O)C(Cc1ccccc1F)c1cc(Br)ccn1. The van der Waals surface area contributed by atoms with Crippen LogP contribution < -0.4 is 5.73 Å². The summed E-state index contributed by atoms with van der Waals surface area (Å²) in [6, 6.07) is 9.81. The van der Waals surface area contributed by atoms with Gasteiger partial charge in [0.15, 0.2) is 0 Å². The van der Waals surface area contributed by atoms with E-state index in [-0.39, 0.29) is 12.2 Å². The van der Waals surface area contributed by atoms with Crippen LogP contribution >= 0.6 is 15.9 Å². The highest BCUT2D eigenvalue weighted by Gasteiger charge is 2.21.